The van der Waals surface area contributed by atoms with Crippen molar-refractivity contribution in [1.82, 2.24) is 9.38 Å². The highest BCUT2D eigenvalue weighted by atomic mass is 16.5. The van der Waals surface area contributed by atoms with Crippen molar-refractivity contribution >= 4 is 23.2 Å². The molecule has 0 atom stereocenters. The van der Waals surface area contributed by atoms with Crippen molar-refractivity contribution in [3.8, 4) is 0 Å². The van der Waals surface area contributed by atoms with E-state index in [2.05, 4.69) is 10.3 Å². The molecular weight excluding hydrogens is 322 g/mol. The largest absolute Gasteiger partial charge is 0.465 e. The Morgan fingerprint density at radius 1 is 1.12 bits per heavy atom. The summed E-state index contributed by atoms with van der Waals surface area (Å²) in [5.74, 6) is -1.10. The SMILES string of the molecule is COC(=O)c1cccc(NC(=O)c2cnc3ccccn3c2=O)c1C. The first kappa shape index (κ1) is 16.4. The molecule has 7 heteroatoms. The molecule has 3 rings (SSSR count). The molecule has 126 valence electrons. The second-order valence-electron chi connectivity index (χ2n) is 5.33. The summed E-state index contributed by atoms with van der Waals surface area (Å²) in [6.07, 6.45) is 2.79. The average Bonchev–Trinajstić information content (AvgIpc) is 2.63. The molecule has 0 unspecified atom stereocenters. The van der Waals surface area contributed by atoms with Gasteiger partial charge in [0.1, 0.15) is 11.2 Å². The van der Waals surface area contributed by atoms with Gasteiger partial charge in [-0.2, -0.15) is 0 Å². The number of pyridine rings is 1. The summed E-state index contributed by atoms with van der Waals surface area (Å²) >= 11 is 0. The number of carbonyl (C=O) groups excluding carboxylic acids is 2. The quantitative estimate of drug-likeness (QED) is 0.739. The number of nitrogens with zero attached hydrogens (tertiary/aromatic N) is 2. The minimum Gasteiger partial charge on any atom is -0.465 e. The third kappa shape index (κ3) is 2.99. The van der Waals surface area contributed by atoms with Gasteiger partial charge in [-0.15, -0.1) is 0 Å². The number of hydrogen-bond donors (Lipinski definition) is 1. The van der Waals surface area contributed by atoms with Gasteiger partial charge in [0.05, 0.1) is 12.7 Å². The van der Waals surface area contributed by atoms with Gasteiger partial charge in [-0.3, -0.25) is 14.0 Å². The Morgan fingerprint density at radius 2 is 1.92 bits per heavy atom. The number of hydrogen-bond acceptors (Lipinski definition) is 5. The molecule has 7 nitrogen and oxygen atoms in total. The van der Waals surface area contributed by atoms with Gasteiger partial charge in [0.25, 0.3) is 11.5 Å². The second kappa shape index (κ2) is 6.56. The third-order valence-electron chi connectivity index (χ3n) is 3.85. The lowest BCUT2D eigenvalue weighted by molar-refractivity contribution is 0.0599. The van der Waals surface area contributed by atoms with E-state index >= 15 is 0 Å². The molecule has 0 radical (unpaired) electrons. The van der Waals surface area contributed by atoms with E-state index in [4.69, 9.17) is 4.74 Å². The molecule has 0 bridgehead atoms. The summed E-state index contributed by atoms with van der Waals surface area (Å²) in [4.78, 5) is 40.8. The van der Waals surface area contributed by atoms with Crippen LogP contribution < -0.4 is 10.9 Å². The van der Waals surface area contributed by atoms with Crippen LogP contribution in [0.1, 0.15) is 26.3 Å². The van der Waals surface area contributed by atoms with Crippen LogP contribution in [0.2, 0.25) is 0 Å². The average molecular weight is 337 g/mol. The van der Waals surface area contributed by atoms with Crippen LogP contribution in [0, 0.1) is 6.92 Å². The number of esters is 1. The van der Waals surface area contributed by atoms with E-state index in [9.17, 15) is 14.4 Å². The normalized spacial score (nSPS) is 10.5. The summed E-state index contributed by atoms with van der Waals surface area (Å²) in [7, 11) is 1.29. The predicted molar refractivity (Wildman–Crippen MR) is 91.9 cm³/mol. The standard InChI is InChI=1S/C18H15N3O4/c1-11-12(18(24)25-2)6-5-7-14(11)20-16(22)13-10-19-15-8-3-4-9-21(15)17(13)23/h3-10H,1-2H3,(H,20,22). The van der Waals surface area contributed by atoms with Gasteiger partial charge in [0, 0.05) is 18.1 Å². The fourth-order valence-corrected chi connectivity index (χ4v) is 2.47. The number of amides is 1. The number of nitrogens with one attached hydrogen (secondary N) is 1. The van der Waals surface area contributed by atoms with Crippen molar-refractivity contribution in [2.24, 2.45) is 0 Å². The zero-order valence-corrected chi connectivity index (χ0v) is 13.6. The van der Waals surface area contributed by atoms with Gasteiger partial charge in [0.2, 0.25) is 0 Å². The van der Waals surface area contributed by atoms with Crippen LogP contribution in [0.5, 0.6) is 0 Å². The molecule has 0 aliphatic heterocycles. The van der Waals surface area contributed by atoms with Crippen molar-refractivity contribution < 1.29 is 14.3 Å². The Balaban J connectivity index is 1.97. The smallest absolute Gasteiger partial charge is 0.338 e. The zero-order chi connectivity index (χ0) is 18.0. The summed E-state index contributed by atoms with van der Waals surface area (Å²) in [5, 5.41) is 2.65. The molecule has 0 aliphatic carbocycles. The number of rotatable bonds is 3. The van der Waals surface area contributed by atoms with Gasteiger partial charge < -0.3 is 10.1 Å². The zero-order valence-electron chi connectivity index (χ0n) is 13.6. The minimum absolute atomic E-state index is 0.0911. The Bertz CT molecular complexity index is 1040. The summed E-state index contributed by atoms with van der Waals surface area (Å²) in [6.45, 7) is 1.69. The van der Waals surface area contributed by atoms with E-state index < -0.39 is 17.4 Å². The van der Waals surface area contributed by atoms with E-state index in [0.717, 1.165) is 0 Å². The second-order valence-corrected chi connectivity index (χ2v) is 5.33. The maximum Gasteiger partial charge on any atom is 0.338 e. The van der Waals surface area contributed by atoms with Crippen LogP contribution in [-0.4, -0.2) is 28.4 Å². The van der Waals surface area contributed by atoms with Gasteiger partial charge >= 0.3 is 5.97 Å². The first-order valence-corrected chi connectivity index (χ1v) is 7.48. The van der Waals surface area contributed by atoms with E-state index in [1.165, 1.54) is 17.7 Å². The molecule has 0 saturated heterocycles. The predicted octanol–water partition coefficient (Wildman–Crippen LogP) is 2.04. The number of benzene rings is 1. The maximum atomic E-state index is 12.5. The first-order valence-electron chi connectivity index (χ1n) is 7.48. The van der Waals surface area contributed by atoms with Crippen LogP contribution in [-0.2, 0) is 4.74 Å². The number of ether oxygens (including phenoxy) is 1. The topological polar surface area (TPSA) is 89.8 Å². The number of anilines is 1. The lowest BCUT2D eigenvalue weighted by Gasteiger charge is -2.11. The fraction of sp³-hybridized carbons (Fsp3) is 0.111. The lowest BCUT2D eigenvalue weighted by atomic mass is 10.1. The van der Waals surface area contributed by atoms with Gasteiger partial charge in [0.15, 0.2) is 0 Å². The molecule has 0 spiro atoms. The summed E-state index contributed by atoms with van der Waals surface area (Å²) in [6, 6.07) is 9.98. The number of aromatic nitrogens is 2. The van der Waals surface area contributed by atoms with E-state index in [-0.39, 0.29) is 5.56 Å². The van der Waals surface area contributed by atoms with Crippen molar-refractivity contribution in [2.75, 3.05) is 12.4 Å². The number of fused-ring (bicyclic) bond motifs is 1. The molecular formula is C18H15N3O4. The maximum absolute atomic E-state index is 12.5. The molecule has 0 aliphatic rings. The van der Waals surface area contributed by atoms with Crippen LogP contribution in [0.3, 0.4) is 0 Å². The monoisotopic (exact) mass is 337 g/mol. The summed E-state index contributed by atoms with van der Waals surface area (Å²) in [5.41, 5.74) is 1.21. The van der Waals surface area contributed by atoms with E-state index in [1.54, 1.807) is 49.5 Å². The molecule has 2 aromatic heterocycles. The fourth-order valence-electron chi connectivity index (χ4n) is 2.47. The highest BCUT2D eigenvalue weighted by molar-refractivity contribution is 6.05. The number of carbonyl (C=O) groups is 2. The highest BCUT2D eigenvalue weighted by Gasteiger charge is 2.17. The Labute approximate surface area is 142 Å². The molecule has 2 heterocycles. The molecule has 3 aromatic rings. The van der Waals surface area contributed by atoms with Gasteiger partial charge in [-0.1, -0.05) is 12.1 Å². The molecule has 1 N–H and O–H groups in total. The highest BCUT2D eigenvalue weighted by Crippen LogP contribution is 2.20. The van der Waals surface area contributed by atoms with Crippen LogP contribution in [0.4, 0.5) is 5.69 Å². The van der Waals surface area contributed by atoms with Crippen molar-refractivity contribution in [1.29, 1.82) is 0 Å². The van der Waals surface area contributed by atoms with Crippen molar-refractivity contribution in [2.45, 2.75) is 6.92 Å². The number of methoxy groups -OCH3 is 1. The van der Waals surface area contributed by atoms with Crippen LogP contribution >= 0.6 is 0 Å². The molecule has 1 amide bonds. The van der Waals surface area contributed by atoms with Gasteiger partial charge in [-0.05, 0) is 36.8 Å². The minimum atomic E-state index is -0.596. The van der Waals surface area contributed by atoms with E-state index in [1.807, 2.05) is 0 Å². The van der Waals surface area contributed by atoms with Crippen molar-refractivity contribution in [3.05, 3.63) is 75.8 Å². The van der Waals surface area contributed by atoms with Crippen LogP contribution in [0.15, 0.2) is 53.6 Å². The molecule has 1 aromatic carbocycles. The van der Waals surface area contributed by atoms with Crippen molar-refractivity contribution in [3.63, 3.8) is 0 Å². The Kier molecular flexibility index (Phi) is 4.30. The summed E-state index contributed by atoms with van der Waals surface area (Å²) < 4.78 is 6.01. The Morgan fingerprint density at radius 3 is 2.68 bits per heavy atom. The molecule has 0 fully saturated rings. The van der Waals surface area contributed by atoms with Crippen LogP contribution in [0.25, 0.3) is 5.65 Å². The lowest BCUT2D eigenvalue weighted by Crippen LogP contribution is -2.27. The van der Waals surface area contributed by atoms with Gasteiger partial charge in [-0.25, -0.2) is 9.78 Å². The first-order chi connectivity index (χ1) is 12.0. The van der Waals surface area contributed by atoms with E-state index in [0.29, 0.717) is 22.5 Å². The molecule has 25 heavy (non-hydrogen) atoms. The molecule has 0 saturated carbocycles. The Hall–Kier alpha value is -3.48. The third-order valence-corrected chi connectivity index (χ3v) is 3.85.